The third-order valence-corrected chi connectivity index (χ3v) is 5.95. The summed E-state index contributed by atoms with van der Waals surface area (Å²) in [6.45, 7) is 5.80. The average Bonchev–Trinajstić information content (AvgIpc) is 3.26. The third kappa shape index (κ3) is 6.19. The molecular weight excluding hydrogens is 406 g/mol. The van der Waals surface area contributed by atoms with Crippen LogP contribution in [0.1, 0.15) is 42.1 Å². The summed E-state index contributed by atoms with van der Waals surface area (Å²) < 4.78 is 2.39. The van der Waals surface area contributed by atoms with E-state index in [1.54, 1.807) is 0 Å². The van der Waals surface area contributed by atoms with Gasteiger partial charge in [0.1, 0.15) is 5.82 Å². The summed E-state index contributed by atoms with van der Waals surface area (Å²) in [7, 11) is 0. The molecule has 3 aromatic carbocycles. The molecular formula is C29H33N3O. The van der Waals surface area contributed by atoms with Crippen LogP contribution in [-0.2, 0) is 32.8 Å². The van der Waals surface area contributed by atoms with Crippen LogP contribution < -0.4 is 0 Å². The van der Waals surface area contributed by atoms with Crippen molar-refractivity contribution in [2.75, 3.05) is 0 Å². The number of hydrogen-bond acceptors (Lipinski definition) is 3. The van der Waals surface area contributed by atoms with E-state index in [0.29, 0.717) is 0 Å². The molecule has 0 atom stereocenters. The summed E-state index contributed by atoms with van der Waals surface area (Å²) in [5.41, 5.74) is 5.89. The smallest absolute Gasteiger partial charge is 0.140 e. The molecule has 1 heterocycles. The highest BCUT2D eigenvalue weighted by Gasteiger charge is 2.16. The van der Waals surface area contributed by atoms with Crippen LogP contribution in [0.4, 0.5) is 0 Å². The van der Waals surface area contributed by atoms with Gasteiger partial charge in [-0.1, -0.05) is 98.3 Å². The van der Waals surface area contributed by atoms with E-state index in [2.05, 4.69) is 83.1 Å². The first-order valence-electron chi connectivity index (χ1n) is 11.8. The van der Waals surface area contributed by atoms with Gasteiger partial charge in [0.25, 0.3) is 0 Å². The van der Waals surface area contributed by atoms with E-state index < -0.39 is 0 Å². The Hall–Kier alpha value is -3.21. The fourth-order valence-electron chi connectivity index (χ4n) is 4.17. The molecule has 0 amide bonds. The largest absolute Gasteiger partial charge is 0.392 e. The zero-order chi connectivity index (χ0) is 22.9. The molecule has 0 saturated carbocycles. The van der Waals surface area contributed by atoms with Gasteiger partial charge in [0, 0.05) is 31.7 Å². The van der Waals surface area contributed by atoms with Gasteiger partial charge in [-0.2, -0.15) is 0 Å². The van der Waals surface area contributed by atoms with Gasteiger partial charge < -0.3 is 9.67 Å². The van der Waals surface area contributed by atoms with Crippen LogP contribution in [0.25, 0.3) is 11.4 Å². The predicted octanol–water partition coefficient (Wildman–Crippen LogP) is 6.04. The summed E-state index contributed by atoms with van der Waals surface area (Å²) in [6, 6.07) is 29.4. The molecule has 0 aliphatic heterocycles. The highest BCUT2D eigenvalue weighted by molar-refractivity contribution is 5.55. The Morgan fingerprint density at radius 2 is 1.36 bits per heavy atom. The highest BCUT2D eigenvalue weighted by Crippen LogP contribution is 2.23. The van der Waals surface area contributed by atoms with Gasteiger partial charge in [0.05, 0.1) is 18.5 Å². The lowest BCUT2D eigenvalue weighted by Gasteiger charge is -2.24. The van der Waals surface area contributed by atoms with Crippen LogP contribution >= 0.6 is 0 Å². The predicted molar refractivity (Wildman–Crippen MR) is 134 cm³/mol. The second kappa shape index (κ2) is 11.6. The maximum atomic E-state index is 9.38. The molecule has 0 unspecified atom stereocenters. The van der Waals surface area contributed by atoms with Crippen molar-refractivity contribution in [2.45, 2.75) is 52.6 Å². The lowest BCUT2D eigenvalue weighted by Crippen LogP contribution is -2.24. The minimum absolute atomic E-state index is 0.0763. The number of nitrogens with zero attached hydrogens (tertiary/aromatic N) is 3. The molecule has 0 aliphatic carbocycles. The maximum absolute atomic E-state index is 9.38. The quantitative estimate of drug-likeness (QED) is 0.309. The second-order valence-corrected chi connectivity index (χ2v) is 8.55. The van der Waals surface area contributed by atoms with E-state index in [-0.39, 0.29) is 6.61 Å². The first kappa shape index (κ1) is 23.0. The molecule has 1 N–H and O–H groups in total. The summed E-state index contributed by atoms with van der Waals surface area (Å²) in [6.07, 6.45) is 4.33. The molecule has 4 heteroatoms. The van der Waals surface area contributed by atoms with Crippen LogP contribution in [0, 0.1) is 0 Å². The molecule has 0 spiro atoms. The number of hydrogen-bond donors (Lipinski definition) is 1. The van der Waals surface area contributed by atoms with Crippen molar-refractivity contribution >= 4 is 0 Å². The Labute approximate surface area is 197 Å². The molecule has 0 radical (unpaired) electrons. The van der Waals surface area contributed by atoms with Crippen molar-refractivity contribution in [3.8, 4) is 11.4 Å². The monoisotopic (exact) mass is 439 g/mol. The zero-order valence-electron chi connectivity index (χ0n) is 19.4. The molecule has 4 rings (SSSR count). The molecule has 4 aromatic rings. The Kier molecular flexibility index (Phi) is 8.07. The van der Waals surface area contributed by atoms with Crippen LogP contribution in [0.3, 0.4) is 0 Å². The number of rotatable bonds is 11. The van der Waals surface area contributed by atoms with Crippen molar-refractivity contribution in [1.29, 1.82) is 0 Å². The van der Waals surface area contributed by atoms with Gasteiger partial charge in [-0.3, -0.25) is 4.90 Å². The van der Waals surface area contributed by atoms with Gasteiger partial charge in [-0.25, -0.2) is 4.98 Å². The number of imidazole rings is 1. The summed E-state index contributed by atoms with van der Waals surface area (Å²) >= 11 is 0. The van der Waals surface area contributed by atoms with Crippen LogP contribution in [0.15, 0.2) is 91.1 Å². The third-order valence-electron chi connectivity index (χ3n) is 5.95. The molecule has 33 heavy (non-hydrogen) atoms. The van der Waals surface area contributed by atoms with Crippen molar-refractivity contribution in [2.24, 2.45) is 0 Å². The van der Waals surface area contributed by atoms with Crippen molar-refractivity contribution in [3.05, 3.63) is 114 Å². The number of aliphatic hydroxyl groups is 1. The summed E-state index contributed by atoms with van der Waals surface area (Å²) in [4.78, 5) is 7.31. The first-order chi connectivity index (χ1) is 16.3. The van der Waals surface area contributed by atoms with Crippen molar-refractivity contribution in [1.82, 2.24) is 14.5 Å². The van der Waals surface area contributed by atoms with Gasteiger partial charge >= 0.3 is 0 Å². The molecule has 0 fully saturated rings. The van der Waals surface area contributed by atoms with Crippen molar-refractivity contribution < 1.29 is 5.11 Å². The van der Waals surface area contributed by atoms with E-state index >= 15 is 0 Å². The lowest BCUT2D eigenvalue weighted by atomic mass is 10.1. The highest BCUT2D eigenvalue weighted by atomic mass is 16.3. The van der Waals surface area contributed by atoms with E-state index in [1.165, 1.54) is 16.8 Å². The molecule has 0 saturated heterocycles. The SMILES string of the molecule is CCCCn1c(CN(Cc2ccccc2)Cc2ccc(CO)cc2)cnc1-c1ccccc1. The summed E-state index contributed by atoms with van der Waals surface area (Å²) in [5.74, 6) is 1.05. The first-order valence-corrected chi connectivity index (χ1v) is 11.8. The lowest BCUT2D eigenvalue weighted by molar-refractivity contribution is 0.241. The number of aromatic nitrogens is 2. The number of unbranched alkanes of at least 4 members (excludes halogenated alkanes) is 1. The van der Waals surface area contributed by atoms with Crippen LogP contribution in [0.5, 0.6) is 0 Å². The second-order valence-electron chi connectivity index (χ2n) is 8.55. The van der Waals surface area contributed by atoms with Gasteiger partial charge in [-0.15, -0.1) is 0 Å². The fraction of sp³-hybridized carbons (Fsp3) is 0.276. The molecule has 1 aromatic heterocycles. The Morgan fingerprint density at radius 1 is 0.758 bits per heavy atom. The number of benzene rings is 3. The molecule has 170 valence electrons. The van der Waals surface area contributed by atoms with Gasteiger partial charge in [0.2, 0.25) is 0 Å². The number of aliphatic hydroxyl groups excluding tert-OH is 1. The van der Waals surface area contributed by atoms with Gasteiger partial charge in [0.15, 0.2) is 0 Å². The maximum Gasteiger partial charge on any atom is 0.140 e. The minimum atomic E-state index is 0.0763. The fourth-order valence-corrected chi connectivity index (χ4v) is 4.17. The Bertz CT molecular complexity index is 1100. The van der Waals surface area contributed by atoms with Crippen molar-refractivity contribution in [3.63, 3.8) is 0 Å². The Morgan fingerprint density at radius 3 is 2.00 bits per heavy atom. The van der Waals surface area contributed by atoms with E-state index in [9.17, 15) is 5.11 Å². The minimum Gasteiger partial charge on any atom is -0.392 e. The average molecular weight is 440 g/mol. The standard InChI is InChI=1S/C29H33N3O/c1-2-3-18-32-28(19-30-29(32)27-12-8-5-9-13-27)22-31(20-24-10-6-4-7-11-24)21-25-14-16-26(23-33)17-15-25/h4-17,19,33H,2-3,18,20-23H2,1H3. The van der Waals surface area contributed by atoms with Crippen LogP contribution in [-0.4, -0.2) is 19.6 Å². The van der Waals surface area contributed by atoms with Gasteiger partial charge in [-0.05, 0) is 23.1 Å². The Balaban J connectivity index is 1.62. The van der Waals surface area contributed by atoms with E-state index in [4.69, 9.17) is 4.98 Å². The normalized spacial score (nSPS) is 11.2. The van der Waals surface area contributed by atoms with E-state index in [0.717, 1.165) is 56.0 Å². The summed E-state index contributed by atoms with van der Waals surface area (Å²) in [5, 5.41) is 9.38. The molecule has 0 aliphatic rings. The zero-order valence-corrected chi connectivity index (χ0v) is 19.4. The topological polar surface area (TPSA) is 41.3 Å². The molecule has 4 nitrogen and oxygen atoms in total. The van der Waals surface area contributed by atoms with E-state index in [1.807, 2.05) is 24.4 Å². The van der Waals surface area contributed by atoms with Crippen LogP contribution in [0.2, 0.25) is 0 Å². The molecule has 0 bridgehead atoms.